The summed E-state index contributed by atoms with van der Waals surface area (Å²) < 4.78 is 5.15. The van der Waals surface area contributed by atoms with Crippen molar-refractivity contribution < 1.29 is 9.53 Å². The van der Waals surface area contributed by atoms with E-state index in [0.29, 0.717) is 5.92 Å². The van der Waals surface area contributed by atoms with Gasteiger partial charge in [0.05, 0.1) is 0 Å². The van der Waals surface area contributed by atoms with Crippen LogP contribution in [-0.2, 0) is 9.53 Å². The predicted molar refractivity (Wildman–Crippen MR) is 59.4 cm³/mol. The first-order valence-corrected chi connectivity index (χ1v) is 5.67. The van der Waals surface area contributed by atoms with Gasteiger partial charge in [-0.3, -0.25) is 4.79 Å². The fourth-order valence-corrected chi connectivity index (χ4v) is 2.01. The molecule has 0 saturated carbocycles. The molecule has 4 nitrogen and oxygen atoms in total. The van der Waals surface area contributed by atoms with Crippen molar-refractivity contribution in [3.8, 4) is 0 Å². The lowest BCUT2D eigenvalue weighted by Gasteiger charge is -2.36. The molecular weight excluding hydrogens is 192 g/mol. The van der Waals surface area contributed by atoms with Crippen molar-refractivity contribution in [3.63, 3.8) is 0 Å². The molecule has 1 saturated heterocycles. The molecule has 0 bridgehead atoms. The molecule has 3 unspecified atom stereocenters. The highest BCUT2D eigenvalue weighted by Crippen LogP contribution is 2.16. The lowest BCUT2D eigenvalue weighted by atomic mass is 9.94. The van der Waals surface area contributed by atoms with Crippen molar-refractivity contribution in [2.24, 2.45) is 11.7 Å². The number of rotatable bonds is 3. The summed E-state index contributed by atoms with van der Waals surface area (Å²) in [6.45, 7) is 5.59. The molecule has 1 fully saturated rings. The van der Waals surface area contributed by atoms with Gasteiger partial charge in [-0.1, -0.05) is 13.8 Å². The highest BCUT2D eigenvalue weighted by molar-refractivity contribution is 5.81. The smallest absolute Gasteiger partial charge is 0.251 e. The number of carbonyl (C=O) groups excluding carboxylic acids is 1. The van der Waals surface area contributed by atoms with Crippen LogP contribution in [0.2, 0.25) is 0 Å². The maximum absolute atomic E-state index is 12.0. The van der Waals surface area contributed by atoms with Crippen LogP contribution in [0.15, 0.2) is 0 Å². The van der Waals surface area contributed by atoms with Crippen molar-refractivity contribution in [2.75, 3.05) is 20.2 Å². The van der Waals surface area contributed by atoms with Gasteiger partial charge in [0.15, 0.2) is 0 Å². The SMILES string of the molecule is CCC(OC)C(=O)N1CCC(N)C(C)C1. The third-order valence-corrected chi connectivity index (χ3v) is 3.21. The first-order valence-electron chi connectivity index (χ1n) is 5.67. The van der Waals surface area contributed by atoms with E-state index in [1.54, 1.807) is 7.11 Å². The Labute approximate surface area is 91.8 Å². The second kappa shape index (κ2) is 5.47. The standard InChI is InChI=1S/C11H22N2O2/c1-4-10(15-3)11(14)13-6-5-9(12)8(2)7-13/h8-10H,4-7,12H2,1-3H3. The van der Waals surface area contributed by atoms with Gasteiger partial charge < -0.3 is 15.4 Å². The van der Waals surface area contributed by atoms with Gasteiger partial charge in [0.2, 0.25) is 0 Å². The molecule has 88 valence electrons. The summed E-state index contributed by atoms with van der Waals surface area (Å²) in [4.78, 5) is 13.9. The van der Waals surface area contributed by atoms with Crippen LogP contribution < -0.4 is 5.73 Å². The Kier molecular flexibility index (Phi) is 4.54. The second-order valence-corrected chi connectivity index (χ2v) is 4.35. The molecule has 15 heavy (non-hydrogen) atoms. The van der Waals surface area contributed by atoms with E-state index in [4.69, 9.17) is 10.5 Å². The lowest BCUT2D eigenvalue weighted by molar-refractivity contribution is -0.144. The Morgan fingerprint density at radius 2 is 2.33 bits per heavy atom. The molecule has 3 atom stereocenters. The van der Waals surface area contributed by atoms with Gasteiger partial charge in [-0.25, -0.2) is 0 Å². The molecule has 0 aliphatic carbocycles. The normalized spacial score (nSPS) is 28.9. The quantitative estimate of drug-likeness (QED) is 0.749. The number of likely N-dealkylation sites (tertiary alicyclic amines) is 1. The lowest BCUT2D eigenvalue weighted by Crippen LogP contribution is -2.51. The second-order valence-electron chi connectivity index (χ2n) is 4.35. The molecule has 0 spiro atoms. The van der Waals surface area contributed by atoms with Crippen LogP contribution in [0, 0.1) is 5.92 Å². The van der Waals surface area contributed by atoms with Gasteiger partial charge in [0.25, 0.3) is 5.91 Å². The average molecular weight is 214 g/mol. The topological polar surface area (TPSA) is 55.6 Å². The van der Waals surface area contributed by atoms with E-state index in [9.17, 15) is 4.79 Å². The largest absolute Gasteiger partial charge is 0.372 e. The minimum atomic E-state index is -0.286. The van der Waals surface area contributed by atoms with E-state index in [1.807, 2.05) is 11.8 Å². The number of carbonyl (C=O) groups is 1. The van der Waals surface area contributed by atoms with Crippen LogP contribution in [0.4, 0.5) is 0 Å². The Hall–Kier alpha value is -0.610. The fourth-order valence-electron chi connectivity index (χ4n) is 2.01. The molecule has 1 heterocycles. The van der Waals surface area contributed by atoms with Crippen molar-refractivity contribution in [2.45, 2.75) is 38.8 Å². The molecule has 0 radical (unpaired) electrons. The van der Waals surface area contributed by atoms with Gasteiger partial charge in [0, 0.05) is 26.2 Å². The fraction of sp³-hybridized carbons (Fsp3) is 0.909. The average Bonchev–Trinajstić information content (AvgIpc) is 2.23. The first-order chi connectivity index (χ1) is 7.10. The zero-order valence-corrected chi connectivity index (χ0v) is 9.90. The summed E-state index contributed by atoms with van der Waals surface area (Å²) >= 11 is 0. The third kappa shape index (κ3) is 2.92. The zero-order valence-electron chi connectivity index (χ0n) is 9.90. The number of hydrogen-bond acceptors (Lipinski definition) is 3. The maximum Gasteiger partial charge on any atom is 0.251 e. The van der Waals surface area contributed by atoms with Crippen molar-refractivity contribution in [3.05, 3.63) is 0 Å². The van der Waals surface area contributed by atoms with Gasteiger partial charge in [-0.05, 0) is 18.8 Å². The van der Waals surface area contributed by atoms with Gasteiger partial charge in [-0.15, -0.1) is 0 Å². The minimum absolute atomic E-state index is 0.110. The highest BCUT2D eigenvalue weighted by atomic mass is 16.5. The predicted octanol–water partition coefficient (Wildman–Crippen LogP) is 0.607. The summed E-state index contributed by atoms with van der Waals surface area (Å²) in [5.41, 5.74) is 5.91. The number of hydrogen-bond donors (Lipinski definition) is 1. The molecule has 0 aromatic carbocycles. The van der Waals surface area contributed by atoms with E-state index < -0.39 is 0 Å². The van der Waals surface area contributed by atoms with Crippen LogP contribution in [-0.4, -0.2) is 43.2 Å². The Morgan fingerprint density at radius 3 is 2.80 bits per heavy atom. The zero-order chi connectivity index (χ0) is 11.4. The number of piperidine rings is 1. The summed E-state index contributed by atoms with van der Waals surface area (Å²) in [5.74, 6) is 0.496. The molecule has 1 rings (SSSR count). The number of nitrogens with zero attached hydrogens (tertiary/aromatic N) is 1. The number of methoxy groups -OCH3 is 1. The van der Waals surface area contributed by atoms with Crippen LogP contribution in [0.5, 0.6) is 0 Å². The van der Waals surface area contributed by atoms with Crippen LogP contribution in [0.3, 0.4) is 0 Å². The molecule has 0 aromatic rings. The van der Waals surface area contributed by atoms with Crippen molar-refractivity contribution in [1.82, 2.24) is 4.90 Å². The Bertz CT molecular complexity index is 217. The van der Waals surface area contributed by atoms with Gasteiger partial charge in [-0.2, -0.15) is 0 Å². The first kappa shape index (κ1) is 12.5. The molecular formula is C11H22N2O2. The third-order valence-electron chi connectivity index (χ3n) is 3.21. The van der Waals surface area contributed by atoms with Crippen molar-refractivity contribution >= 4 is 5.91 Å². The molecule has 0 aromatic heterocycles. The summed E-state index contributed by atoms with van der Waals surface area (Å²) in [5, 5.41) is 0. The van der Waals surface area contributed by atoms with Crippen LogP contribution in [0.25, 0.3) is 0 Å². The monoisotopic (exact) mass is 214 g/mol. The van der Waals surface area contributed by atoms with E-state index in [-0.39, 0.29) is 18.1 Å². The Balaban J connectivity index is 2.53. The van der Waals surface area contributed by atoms with E-state index in [0.717, 1.165) is 25.9 Å². The molecule has 1 aliphatic rings. The van der Waals surface area contributed by atoms with E-state index in [1.165, 1.54) is 0 Å². The van der Waals surface area contributed by atoms with Crippen LogP contribution in [0.1, 0.15) is 26.7 Å². The summed E-state index contributed by atoms with van der Waals surface area (Å²) in [6, 6.07) is 0.233. The molecule has 4 heteroatoms. The van der Waals surface area contributed by atoms with E-state index in [2.05, 4.69) is 6.92 Å². The summed E-state index contributed by atoms with van der Waals surface area (Å²) in [6.07, 6.45) is 1.34. The summed E-state index contributed by atoms with van der Waals surface area (Å²) in [7, 11) is 1.59. The van der Waals surface area contributed by atoms with Crippen LogP contribution >= 0.6 is 0 Å². The van der Waals surface area contributed by atoms with Gasteiger partial charge >= 0.3 is 0 Å². The Morgan fingerprint density at radius 1 is 1.67 bits per heavy atom. The minimum Gasteiger partial charge on any atom is -0.372 e. The number of nitrogens with two attached hydrogens (primary N) is 1. The number of ether oxygens (including phenoxy) is 1. The number of amides is 1. The highest BCUT2D eigenvalue weighted by Gasteiger charge is 2.29. The maximum atomic E-state index is 12.0. The molecule has 2 N–H and O–H groups in total. The van der Waals surface area contributed by atoms with Crippen molar-refractivity contribution in [1.29, 1.82) is 0 Å². The molecule has 1 amide bonds. The molecule has 1 aliphatic heterocycles. The van der Waals surface area contributed by atoms with E-state index >= 15 is 0 Å². The van der Waals surface area contributed by atoms with Gasteiger partial charge in [0.1, 0.15) is 6.10 Å².